The number of carbonyl (C=O) groups is 2. The summed E-state index contributed by atoms with van der Waals surface area (Å²) in [6.07, 6.45) is 3.43. The molecule has 1 aliphatic carbocycles. The highest BCUT2D eigenvalue weighted by molar-refractivity contribution is 5.86. The minimum atomic E-state index is -0.741. The number of halogens is 1. The first-order valence-electron chi connectivity index (χ1n) is 7.60. The zero-order valence-corrected chi connectivity index (χ0v) is 14.5. The van der Waals surface area contributed by atoms with E-state index in [0.29, 0.717) is 18.0 Å². The number of ether oxygens (including phenoxy) is 2. The zero-order valence-electron chi connectivity index (χ0n) is 13.7. The Bertz CT molecular complexity index is 589. The monoisotopic (exact) mass is 357 g/mol. The Morgan fingerprint density at radius 2 is 1.92 bits per heavy atom. The highest BCUT2D eigenvalue weighted by atomic mass is 35.5. The van der Waals surface area contributed by atoms with Crippen LogP contribution >= 0.6 is 12.4 Å². The normalized spacial score (nSPS) is 15.2. The molecule has 2 amide bonds. The first-order valence-corrected chi connectivity index (χ1v) is 7.60. The molecule has 24 heavy (non-hydrogen) atoms. The number of nitrogens with one attached hydrogen (secondary N) is 1. The second-order valence-corrected chi connectivity index (χ2v) is 5.79. The number of hydrogen-bond donors (Lipinski definition) is 3. The van der Waals surface area contributed by atoms with E-state index in [9.17, 15) is 9.59 Å². The van der Waals surface area contributed by atoms with Crippen molar-refractivity contribution in [3.8, 4) is 11.5 Å². The molecular formula is C16H24ClN3O4. The van der Waals surface area contributed by atoms with Gasteiger partial charge in [0.05, 0.1) is 12.6 Å². The Balaban J connectivity index is 0.00000288. The third-order valence-electron chi connectivity index (χ3n) is 4.00. The van der Waals surface area contributed by atoms with E-state index in [2.05, 4.69) is 5.32 Å². The third kappa shape index (κ3) is 5.01. The number of carbonyl (C=O) groups excluding carboxylic acids is 2. The first kappa shape index (κ1) is 20.1. The van der Waals surface area contributed by atoms with Crippen LogP contribution in [0.15, 0.2) is 18.2 Å². The number of benzene rings is 1. The largest absolute Gasteiger partial charge is 0.493 e. The maximum atomic E-state index is 12.2. The van der Waals surface area contributed by atoms with Crippen molar-refractivity contribution in [2.75, 3.05) is 13.7 Å². The van der Waals surface area contributed by atoms with Crippen LogP contribution in [-0.2, 0) is 16.1 Å². The summed E-state index contributed by atoms with van der Waals surface area (Å²) in [5.74, 6) is 0.213. The SMILES string of the molecule is COc1cc(CNC(=O)C2(N)CCCC2)ccc1OCC(N)=O.Cl. The number of hydrogen-bond acceptors (Lipinski definition) is 5. The molecule has 1 aliphatic rings. The average Bonchev–Trinajstić information content (AvgIpc) is 2.98. The maximum Gasteiger partial charge on any atom is 0.255 e. The smallest absolute Gasteiger partial charge is 0.255 e. The van der Waals surface area contributed by atoms with E-state index in [1.807, 2.05) is 0 Å². The van der Waals surface area contributed by atoms with Crippen LogP contribution in [-0.4, -0.2) is 31.1 Å². The van der Waals surface area contributed by atoms with Gasteiger partial charge in [-0.05, 0) is 30.5 Å². The minimum absolute atomic E-state index is 0. The maximum absolute atomic E-state index is 12.2. The number of primary amides is 1. The Morgan fingerprint density at radius 3 is 2.50 bits per heavy atom. The molecule has 1 fully saturated rings. The van der Waals surface area contributed by atoms with Gasteiger partial charge >= 0.3 is 0 Å². The van der Waals surface area contributed by atoms with Gasteiger partial charge in [0, 0.05) is 6.54 Å². The number of methoxy groups -OCH3 is 1. The van der Waals surface area contributed by atoms with E-state index < -0.39 is 11.4 Å². The molecule has 0 aliphatic heterocycles. The first-order chi connectivity index (χ1) is 10.9. The van der Waals surface area contributed by atoms with Crippen molar-refractivity contribution < 1.29 is 19.1 Å². The van der Waals surface area contributed by atoms with Crippen LogP contribution in [0.25, 0.3) is 0 Å². The summed E-state index contributed by atoms with van der Waals surface area (Å²) in [6.45, 7) is 0.131. The zero-order chi connectivity index (χ0) is 16.9. The molecule has 0 heterocycles. The topological polar surface area (TPSA) is 117 Å². The van der Waals surface area contributed by atoms with Gasteiger partial charge in [0.25, 0.3) is 5.91 Å². The lowest BCUT2D eigenvalue weighted by Crippen LogP contribution is -2.51. The molecule has 134 valence electrons. The van der Waals surface area contributed by atoms with Crippen LogP contribution in [0.4, 0.5) is 0 Å². The molecule has 0 saturated heterocycles. The molecule has 0 unspecified atom stereocenters. The fourth-order valence-corrected chi connectivity index (χ4v) is 2.68. The molecule has 7 nitrogen and oxygen atoms in total. The standard InChI is InChI=1S/C16H23N3O4.ClH/c1-22-13-8-11(4-5-12(13)23-10-14(17)20)9-19-15(21)16(18)6-2-3-7-16;/h4-5,8H,2-3,6-7,9-10,18H2,1H3,(H2,17,20)(H,19,21);1H. The summed E-state index contributed by atoms with van der Waals surface area (Å²) in [7, 11) is 1.50. The second-order valence-electron chi connectivity index (χ2n) is 5.79. The van der Waals surface area contributed by atoms with Gasteiger partial charge < -0.3 is 26.3 Å². The molecule has 0 radical (unpaired) electrons. The molecular weight excluding hydrogens is 334 g/mol. The van der Waals surface area contributed by atoms with Crippen LogP contribution in [0.5, 0.6) is 11.5 Å². The van der Waals surface area contributed by atoms with E-state index in [-0.39, 0.29) is 24.9 Å². The lowest BCUT2D eigenvalue weighted by Gasteiger charge is -2.22. The molecule has 1 saturated carbocycles. The number of amides is 2. The van der Waals surface area contributed by atoms with Crippen LogP contribution in [0, 0.1) is 0 Å². The van der Waals surface area contributed by atoms with Crippen molar-refractivity contribution in [3.63, 3.8) is 0 Å². The molecule has 0 bridgehead atoms. The highest BCUT2D eigenvalue weighted by Crippen LogP contribution is 2.29. The summed E-state index contributed by atoms with van der Waals surface area (Å²) >= 11 is 0. The second kappa shape index (κ2) is 8.75. The number of rotatable bonds is 7. The number of nitrogens with two attached hydrogens (primary N) is 2. The van der Waals surface area contributed by atoms with Crippen molar-refractivity contribution in [3.05, 3.63) is 23.8 Å². The Hall–Kier alpha value is -1.99. The summed E-state index contributed by atoms with van der Waals surface area (Å²) in [5.41, 5.74) is 11.3. The van der Waals surface area contributed by atoms with Crippen LogP contribution in [0.2, 0.25) is 0 Å². The van der Waals surface area contributed by atoms with Crippen molar-refractivity contribution in [1.29, 1.82) is 0 Å². The van der Waals surface area contributed by atoms with E-state index in [0.717, 1.165) is 31.2 Å². The van der Waals surface area contributed by atoms with Crippen LogP contribution in [0.3, 0.4) is 0 Å². The van der Waals surface area contributed by atoms with Crippen molar-refractivity contribution in [2.24, 2.45) is 11.5 Å². The Morgan fingerprint density at radius 1 is 1.25 bits per heavy atom. The Labute approximate surface area is 147 Å². The van der Waals surface area contributed by atoms with Crippen molar-refractivity contribution in [1.82, 2.24) is 5.32 Å². The van der Waals surface area contributed by atoms with Gasteiger partial charge in [-0.15, -0.1) is 12.4 Å². The molecule has 0 spiro atoms. The molecule has 1 aromatic carbocycles. The van der Waals surface area contributed by atoms with Gasteiger partial charge in [0.15, 0.2) is 18.1 Å². The molecule has 8 heteroatoms. The predicted octanol–water partition coefficient (Wildman–Crippen LogP) is 0.869. The summed E-state index contributed by atoms with van der Waals surface area (Å²) in [6, 6.07) is 5.21. The van der Waals surface area contributed by atoms with Crippen molar-refractivity contribution >= 4 is 24.2 Å². The molecule has 0 atom stereocenters. The summed E-state index contributed by atoms with van der Waals surface area (Å²) < 4.78 is 10.5. The predicted molar refractivity (Wildman–Crippen MR) is 92.2 cm³/mol. The lowest BCUT2D eigenvalue weighted by atomic mass is 9.98. The van der Waals surface area contributed by atoms with E-state index in [1.54, 1.807) is 18.2 Å². The van der Waals surface area contributed by atoms with Gasteiger partial charge in [0.1, 0.15) is 0 Å². The van der Waals surface area contributed by atoms with Gasteiger partial charge in [-0.1, -0.05) is 18.9 Å². The quantitative estimate of drug-likeness (QED) is 0.669. The minimum Gasteiger partial charge on any atom is -0.493 e. The fourth-order valence-electron chi connectivity index (χ4n) is 2.68. The Kier molecular flexibility index (Phi) is 7.31. The summed E-state index contributed by atoms with van der Waals surface area (Å²) in [4.78, 5) is 23.0. The summed E-state index contributed by atoms with van der Waals surface area (Å²) in [5, 5.41) is 2.87. The molecule has 1 aromatic rings. The van der Waals surface area contributed by atoms with Gasteiger partial charge in [-0.2, -0.15) is 0 Å². The van der Waals surface area contributed by atoms with Crippen LogP contribution in [0.1, 0.15) is 31.2 Å². The van der Waals surface area contributed by atoms with Gasteiger partial charge in [-0.3, -0.25) is 9.59 Å². The highest BCUT2D eigenvalue weighted by Gasteiger charge is 2.36. The van der Waals surface area contributed by atoms with Gasteiger partial charge in [-0.25, -0.2) is 0 Å². The molecule has 0 aromatic heterocycles. The van der Waals surface area contributed by atoms with Crippen LogP contribution < -0.4 is 26.3 Å². The lowest BCUT2D eigenvalue weighted by molar-refractivity contribution is -0.126. The average molecular weight is 358 g/mol. The van der Waals surface area contributed by atoms with E-state index in [4.69, 9.17) is 20.9 Å². The van der Waals surface area contributed by atoms with E-state index >= 15 is 0 Å². The molecule has 5 N–H and O–H groups in total. The van der Waals surface area contributed by atoms with E-state index in [1.165, 1.54) is 7.11 Å². The van der Waals surface area contributed by atoms with Crippen molar-refractivity contribution in [2.45, 2.75) is 37.8 Å². The fraction of sp³-hybridized carbons (Fsp3) is 0.500. The molecule has 2 rings (SSSR count). The third-order valence-corrected chi connectivity index (χ3v) is 4.00. The van der Waals surface area contributed by atoms with Gasteiger partial charge in [0.2, 0.25) is 5.91 Å².